The minimum absolute atomic E-state index is 0.0151. The molecule has 0 unspecified atom stereocenters. The molecule has 1 amide bonds. The molecule has 0 saturated carbocycles. The quantitative estimate of drug-likeness (QED) is 0.799. The molecule has 5 heteroatoms. The van der Waals surface area contributed by atoms with Crippen LogP contribution < -0.4 is 10.2 Å². The number of para-hydroxylation sites is 2. The van der Waals surface area contributed by atoms with E-state index in [1.807, 2.05) is 31.2 Å². The highest BCUT2D eigenvalue weighted by molar-refractivity contribution is 6.07. The first-order valence-electron chi connectivity index (χ1n) is 8.64. The molecule has 1 heterocycles. The minimum Gasteiger partial charge on any atom is -0.507 e. The summed E-state index contributed by atoms with van der Waals surface area (Å²) in [5, 5.41) is 22.2. The molecule has 0 atom stereocenters. The van der Waals surface area contributed by atoms with Crippen LogP contribution in [0.3, 0.4) is 0 Å². The number of hydrogen-bond donors (Lipinski definition) is 3. The number of carbonyl (C=O) groups excluding carboxylic acids is 1. The maximum absolute atomic E-state index is 12.6. The van der Waals surface area contributed by atoms with Gasteiger partial charge in [-0.2, -0.15) is 0 Å². The van der Waals surface area contributed by atoms with Crippen molar-refractivity contribution in [1.29, 1.82) is 0 Å². The van der Waals surface area contributed by atoms with E-state index in [0.29, 0.717) is 5.92 Å². The van der Waals surface area contributed by atoms with Gasteiger partial charge >= 0.3 is 0 Å². The summed E-state index contributed by atoms with van der Waals surface area (Å²) in [7, 11) is 0. The minimum atomic E-state index is -0.324. The van der Waals surface area contributed by atoms with E-state index in [-0.39, 0.29) is 23.8 Å². The number of carbonyl (C=O) groups is 1. The van der Waals surface area contributed by atoms with Crippen LogP contribution in [0, 0.1) is 12.8 Å². The van der Waals surface area contributed by atoms with Crippen LogP contribution in [0.15, 0.2) is 42.5 Å². The average Bonchev–Trinajstić information content (AvgIpc) is 2.62. The number of aliphatic hydroxyl groups is 1. The van der Waals surface area contributed by atoms with Gasteiger partial charge in [0, 0.05) is 19.7 Å². The molecule has 1 aliphatic rings. The van der Waals surface area contributed by atoms with Crippen LogP contribution >= 0.6 is 0 Å². The number of aliphatic hydroxyl groups excluding tert-OH is 1. The number of aromatic hydroxyl groups is 1. The Balaban J connectivity index is 1.78. The maximum Gasteiger partial charge on any atom is 0.259 e. The Hall–Kier alpha value is -2.53. The largest absolute Gasteiger partial charge is 0.507 e. The van der Waals surface area contributed by atoms with Gasteiger partial charge < -0.3 is 20.4 Å². The number of nitrogens with zero attached hydrogens (tertiary/aromatic N) is 1. The summed E-state index contributed by atoms with van der Waals surface area (Å²) >= 11 is 0. The fourth-order valence-corrected chi connectivity index (χ4v) is 3.23. The molecule has 1 fully saturated rings. The van der Waals surface area contributed by atoms with Gasteiger partial charge in [0.2, 0.25) is 0 Å². The number of phenols is 1. The van der Waals surface area contributed by atoms with E-state index in [1.165, 1.54) is 0 Å². The molecule has 0 aromatic heterocycles. The van der Waals surface area contributed by atoms with Gasteiger partial charge in [-0.25, -0.2) is 0 Å². The van der Waals surface area contributed by atoms with Crippen molar-refractivity contribution in [1.82, 2.24) is 0 Å². The van der Waals surface area contributed by atoms with Crippen LogP contribution in [0.2, 0.25) is 0 Å². The number of phenolic OH excluding ortho intramolecular Hbond substituents is 1. The van der Waals surface area contributed by atoms with Crippen LogP contribution in [0.4, 0.5) is 11.4 Å². The molecule has 2 aromatic rings. The molecule has 3 N–H and O–H groups in total. The molecule has 0 aliphatic carbocycles. The number of benzene rings is 2. The second kappa shape index (κ2) is 7.57. The summed E-state index contributed by atoms with van der Waals surface area (Å²) in [4.78, 5) is 14.8. The summed E-state index contributed by atoms with van der Waals surface area (Å²) in [6, 6.07) is 12.7. The highest BCUT2D eigenvalue weighted by atomic mass is 16.3. The lowest BCUT2D eigenvalue weighted by atomic mass is 9.97. The van der Waals surface area contributed by atoms with E-state index >= 15 is 0 Å². The Labute approximate surface area is 147 Å². The lowest BCUT2D eigenvalue weighted by Gasteiger charge is -2.34. The molecule has 1 aliphatic heterocycles. The first-order chi connectivity index (χ1) is 12.1. The lowest BCUT2D eigenvalue weighted by Crippen LogP contribution is -2.35. The molecule has 2 aromatic carbocycles. The number of amides is 1. The molecule has 132 valence electrons. The first-order valence-corrected chi connectivity index (χ1v) is 8.64. The van der Waals surface area contributed by atoms with E-state index < -0.39 is 0 Å². The molecular formula is C20H24N2O3. The molecule has 25 heavy (non-hydrogen) atoms. The average molecular weight is 340 g/mol. The molecule has 0 radical (unpaired) electrons. The van der Waals surface area contributed by atoms with Gasteiger partial charge in [0.25, 0.3) is 5.91 Å². The Kier molecular flexibility index (Phi) is 5.24. The smallest absolute Gasteiger partial charge is 0.259 e. The zero-order chi connectivity index (χ0) is 17.8. The van der Waals surface area contributed by atoms with E-state index in [2.05, 4.69) is 10.2 Å². The third-order valence-electron chi connectivity index (χ3n) is 4.76. The molecule has 0 spiro atoms. The Bertz CT molecular complexity index is 752. The van der Waals surface area contributed by atoms with Crippen molar-refractivity contribution in [2.75, 3.05) is 29.9 Å². The third kappa shape index (κ3) is 3.94. The van der Waals surface area contributed by atoms with Gasteiger partial charge in [0.1, 0.15) is 5.75 Å². The van der Waals surface area contributed by atoms with E-state index in [4.69, 9.17) is 0 Å². The maximum atomic E-state index is 12.6. The van der Waals surface area contributed by atoms with E-state index in [0.717, 1.165) is 42.9 Å². The molecule has 5 nitrogen and oxygen atoms in total. The number of hydrogen-bond acceptors (Lipinski definition) is 4. The highest BCUT2D eigenvalue weighted by Crippen LogP contribution is 2.30. The molecule has 3 rings (SSSR count). The Morgan fingerprint density at radius 2 is 1.92 bits per heavy atom. The zero-order valence-corrected chi connectivity index (χ0v) is 14.4. The van der Waals surface area contributed by atoms with E-state index in [9.17, 15) is 15.0 Å². The molecule has 0 bridgehead atoms. The van der Waals surface area contributed by atoms with Crippen molar-refractivity contribution < 1.29 is 15.0 Å². The fraction of sp³-hybridized carbons (Fsp3) is 0.350. The standard InChI is InChI=1S/C20H24N2O3/c1-14-6-7-16(19(24)12-14)20(25)21-17-4-2-3-5-18(17)22-10-8-15(13-23)9-11-22/h2-7,12,15,23-24H,8-11,13H2,1H3,(H,21,25). The number of aryl methyl sites for hydroxylation is 1. The summed E-state index contributed by atoms with van der Waals surface area (Å²) < 4.78 is 0. The van der Waals surface area contributed by atoms with Crippen molar-refractivity contribution in [3.8, 4) is 5.75 Å². The van der Waals surface area contributed by atoms with Gasteiger partial charge in [-0.3, -0.25) is 4.79 Å². The van der Waals surface area contributed by atoms with Gasteiger partial charge in [-0.05, 0) is 55.5 Å². The lowest BCUT2D eigenvalue weighted by molar-refractivity contribution is 0.102. The monoisotopic (exact) mass is 340 g/mol. The van der Waals surface area contributed by atoms with Gasteiger partial charge in [0.15, 0.2) is 0 Å². The second-order valence-electron chi connectivity index (χ2n) is 6.60. The molecular weight excluding hydrogens is 316 g/mol. The van der Waals surface area contributed by atoms with Crippen LogP contribution in [0.1, 0.15) is 28.8 Å². The van der Waals surface area contributed by atoms with Crippen LogP contribution in [0.5, 0.6) is 5.75 Å². The number of nitrogens with one attached hydrogen (secondary N) is 1. The topological polar surface area (TPSA) is 72.8 Å². The van der Waals surface area contributed by atoms with Crippen molar-refractivity contribution in [3.63, 3.8) is 0 Å². The summed E-state index contributed by atoms with van der Waals surface area (Å²) in [6.45, 7) is 3.81. The van der Waals surface area contributed by atoms with Crippen molar-refractivity contribution in [3.05, 3.63) is 53.6 Å². The predicted molar refractivity (Wildman–Crippen MR) is 99.3 cm³/mol. The molecule has 1 saturated heterocycles. The first kappa shape index (κ1) is 17.3. The number of piperidine rings is 1. The van der Waals surface area contributed by atoms with Crippen LogP contribution in [-0.4, -0.2) is 35.8 Å². The zero-order valence-electron chi connectivity index (χ0n) is 14.4. The Morgan fingerprint density at radius 3 is 2.60 bits per heavy atom. The van der Waals surface area contributed by atoms with Crippen molar-refractivity contribution >= 4 is 17.3 Å². The summed E-state index contributed by atoms with van der Waals surface area (Å²) in [6.07, 6.45) is 1.88. The fourth-order valence-electron chi connectivity index (χ4n) is 3.23. The van der Waals surface area contributed by atoms with E-state index in [1.54, 1.807) is 18.2 Å². The second-order valence-corrected chi connectivity index (χ2v) is 6.60. The highest BCUT2D eigenvalue weighted by Gasteiger charge is 2.21. The summed E-state index contributed by atoms with van der Waals surface area (Å²) in [5.41, 5.74) is 2.87. The van der Waals surface area contributed by atoms with Crippen molar-refractivity contribution in [2.45, 2.75) is 19.8 Å². The SMILES string of the molecule is Cc1ccc(C(=O)Nc2ccccc2N2CCC(CO)CC2)c(O)c1. The number of anilines is 2. The Morgan fingerprint density at radius 1 is 1.20 bits per heavy atom. The van der Waals surface area contributed by atoms with Crippen LogP contribution in [-0.2, 0) is 0 Å². The van der Waals surface area contributed by atoms with Gasteiger partial charge in [-0.1, -0.05) is 18.2 Å². The third-order valence-corrected chi connectivity index (χ3v) is 4.76. The van der Waals surface area contributed by atoms with Crippen molar-refractivity contribution in [2.24, 2.45) is 5.92 Å². The predicted octanol–water partition coefficient (Wildman–Crippen LogP) is 3.16. The normalized spacial score (nSPS) is 15.2. The van der Waals surface area contributed by atoms with Gasteiger partial charge in [0.05, 0.1) is 16.9 Å². The summed E-state index contributed by atoms with van der Waals surface area (Å²) in [5.74, 6) is 0.0245. The van der Waals surface area contributed by atoms with Gasteiger partial charge in [-0.15, -0.1) is 0 Å². The number of rotatable bonds is 4. The van der Waals surface area contributed by atoms with Crippen LogP contribution in [0.25, 0.3) is 0 Å².